The second-order valence-corrected chi connectivity index (χ2v) is 4.57. The Morgan fingerprint density at radius 3 is 1.04 bits per heavy atom. The van der Waals surface area contributed by atoms with Gasteiger partial charge < -0.3 is 25.5 Å². The topological polar surface area (TPSA) is 176 Å². The molecular formula is C11H18MnN2O9+2. The van der Waals surface area contributed by atoms with Crippen molar-refractivity contribution in [2.45, 2.75) is 6.10 Å². The molecule has 0 bridgehead atoms. The van der Waals surface area contributed by atoms with Crippen LogP contribution in [0.3, 0.4) is 0 Å². The smallest absolute Gasteiger partial charge is 0.480 e. The molecular weight excluding hydrogens is 359 g/mol. The molecule has 0 aromatic rings. The van der Waals surface area contributed by atoms with Crippen LogP contribution in [0, 0.1) is 0 Å². The Hall–Kier alpha value is -1.72. The van der Waals surface area contributed by atoms with Crippen LogP contribution in [-0.4, -0.2) is 105 Å². The molecule has 0 saturated carbocycles. The molecule has 0 aliphatic heterocycles. The van der Waals surface area contributed by atoms with Gasteiger partial charge in [-0.15, -0.1) is 0 Å². The fraction of sp³-hybridized carbons (Fsp3) is 0.636. The van der Waals surface area contributed by atoms with Gasteiger partial charge in [-0.05, 0) is 0 Å². The first-order valence-electron chi connectivity index (χ1n) is 6.10. The number of aliphatic hydroxyl groups excluding tert-OH is 1. The van der Waals surface area contributed by atoms with Crippen molar-refractivity contribution in [3.05, 3.63) is 0 Å². The maximum Gasteiger partial charge on any atom is 2.00 e. The minimum atomic E-state index is -1.31. The molecule has 0 aliphatic rings. The summed E-state index contributed by atoms with van der Waals surface area (Å²) in [6.07, 6.45) is -1.31. The molecule has 12 heteroatoms. The van der Waals surface area contributed by atoms with Crippen LogP contribution >= 0.6 is 0 Å². The number of aliphatic hydroxyl groups is 1. The van der Waals surface area contributed by atoms with Crippen LogP contribution in [0.15, 0.2) is 0 Å². The summed E-state index contributed by atoms with van der Waals surface area (Å²) in [6, 6.07) is 0. The Morgan fingerprint density at radius 1 is 0.652 bits per heavy atom. The van der Waals surface area contributed by atoms with Gasteiger partial charge in [0.15, 0.2) is 0 Å². The van der Waals surface area contributed by atoms with Crippen LogP contribution in [0.5, 0.6) is 0 Å². The summed E-state index contributed by atoms with van der Waals surface area (Å²) in [6.45, 7) is -3.20. The van der Waals surface area contributed by atoms with Crippen LogP contribution in [-0.2, 0) is 36.2 Å². The molecule has 23 heavy (non-hydrogen) atoms. The summed E-state index contributed by atoms with van der Waals surface area (Å²) < 4.78 is 0. The third-order valence-electron chi connectivity index (χ3n) is 2.37. The van der Waals surface area contributed by atoms with Crippen LogP contribution in [0.1, 0.15) is 0 Å². The van der Waals surface area contributed by atoms with Gasteiger partial charge in [-0.25, -0.2) is 0 Å². The molecule has 11 nitrogen and oxygen atoms in total. The zero-order chi connectivity index (χ0) is 17.3. The van der Waals surface area contributed by atoms with E-state index in [1.807, 2.05) is 0 Å². The predicted molar refractivity (Wildman–Crippen MR) is 69.4 cm³/mol. The Morgan fingerprint density at radius 2 is 0.870 bits per heavy atom. The van der Waals surface area contributed by atoms with Crippen LogP contribution in [0.25, 0.3) is 0 Å². The molecule has 0 rings (SSSR count). The third-order valence-corrected chi connectivity index (χ3v) is 2.37. The Labute approximate surface area is 141 Å². The van der Waals surface area contributed by atoms with E-state index in [0.717, 1.165) is 9.80 Å². The quantitative estimate of drug-likeness (QED) is 0.223. The second-order valence-electron chi connectivity index (χ2n) is 4.57. The van der Waals surface area contributed by atoms with Gasteiger partial charge in [-0.2, -0.15) is 0 Å². The van der Waals surface area contributed by atoms with Gasteiger partial charge in [0.2, 0.25) is 0 Å². The van der Waals surface area contributed by atoms with E-state index >= 15 is 0 Å². The van der Waals surface area contributed by atoms with Crippen LogP contribution in [0.2, 0.25) is 0 Å². The zero-order valence-corrected chi connectivity index (χ0v) is 13.1. The number of carboxylic acid groups (broad SMARTS) is 4. The first-order valence-corrected chi connectivity index (χ1v) is 6.10. The SMILES string of the molecule is O=C(O)CN(CC(=O)O)CC(O)CN(CC(=O)O)CC(=O)O.[Mn+2]. The number of aliphatic carboxylic acids is 4. The van der Waals surface area contributed by atoms with E-state index < -0.39 is 56.2 Å². The van der Waals surface area contributed by atoms with Crippen molar-refractivity contribution < 1.29 is 61.8 Å². The number of nitrogens with zero attached hydrogens (tertiary/aromatic N) is 2. The summed E-state index contributed by atoms with van der Waals surface area (Å²) in [4.78, 5) is 44.3. The number of hydrogen-bond acceptors (Lipinski definition) is 7. The monoisotopic (exact) mass is 377 g/mol. The Kier molecular flexibility index (Phi) is 12.1. The first-order chi connectivity index (χ1) is 10.1. The number of hydrogen-bond donors (Lipinski definition) is 5. The minimum Gasteiger partial charge on any atom is -0.480 e. The molecule has 5 N–H and O–H groups in total. The van der Waals surface area contributed by atoms with Crippen LogP contribution < -0.4 is 0 Å². The molecule has 0 aromatic carbocycles. The van der Waals surface area contributed by atoms with Gasteiger partial charge in [0.1, 0.15) is 0 Å². The van der Waals surface area contributed by atoms with Gasteiger partial charge in [-0.3, -0.25) is 29.0 Å². The normalized spacial score (nSPS) is 10.6. The number of carboxylic acids is 4. The molecule has 0 amide bonds. The Balaban J connectivity index is 0. The predicted octanol–water partition coefficient (Wildman–Crippen LogP) is -2.71. The summed E-state index contributed by atoms with van der Waals surface area (Å²) >= 11 is 0. The molecule has 0 heterocycles. The van der Waals surface area contributed by atoms with E-state index in [4.69, 9.17) is 20.4 Å². The fourth-order valence-corrected chi connectivity index (χ4v) is 1.79. The number of carbonyl (C=O) groups is 4. The average molecular weight is 377 g/mol. The maximum absolute atomic E-state index is 10.6. The Bertz CT molecular complexity index is 362. The first kappa shape index (κ1) is 23.5. The molecule has 0 atom stereocenters. The van der Waals surface area contributed by atoms with E-state index in [-0.39, 0.29) is 30.2 Å². The standard InChI is InChI=1S/C11H18N2O9.Mn/c14-7(1-12(3-8(15)16)4-9(17)18)2-13(5-10(19)20)6-11(21)22;/h7,14H,1-6H2,(H,15,16)(H,17,18)(H,19,20)(H,21,22);/q;+2. The van der Waals surface area contributed by atoms with E-state index in [9.17, 15) is 24.3 Å². The second kappa shape index (κ2) is 11.8. The molecule has 1 radical (unpaired) electrons. The fourth-order valence-electron chi connectivity index (χ4n) is 1.79. The largest absolute Gasteiger partial charge is 2.00 e. The van der Waals surface area contributed by atoms with Crippen molar-refractivity contribution >= 4 is 23.9 Å². The molecule has 0 aromatic heterocycles. The summed E-state index contributed by atoms with van der Waals surface area (Å²) in [5.74, 6) is -5.16. The number of rotatable bonds is 12. The van der Waals surface area contributed by atoms with Crippen molar-refractivity contribution in [2.75, 3.05) is 39.3 Å². The van der Waals surface area contributed by atoms with Gasteiger partial charge in [0.05, 0.1) is 32.3 Å². The molecule has 0 saturated heterocycles. The average Bonchev–Trinajstić information content (AvgIpc) is 2.23. The van der Waals surface area contributed by atoms with Crippen molar-refractivity contribution in [1.82, 2.24) is 9.80 Å². The summed E-state index contributed by atoms with van der Waals surface area (Å²) in [5, 5.41) is 44.4. The van der Waals surface area contributed by atoms with Crippen molar-refractivity contribution in [2.24, 2.45) is 0 Å². The molecule has 131 valence electrons. The van der Waals surface area contributed by atoms with E-state index in [0.29, 0.717) is 0 Å². The summed E-state index contributed by atoms with van der Waals surface area (Å²) in [7, 11) is 0. The van der Waals surface area contributed by atoms with Gasteiger partial charge in [0, 0.05) is 13.1 Å². The molecule has 0 aliphatic carbocycles. The van der Waals surface area contributed by atoms with Crippen molar-refractivity contribution in [3.63, 3.8) is 0 Å². The van der Waals surface area contributed by atoms with Crippen molar-refractivity contribution in [3.8, 4) is 0 Å². The van der Waals surface area contributed by atoms with E-state index in [1.165, 1.54) is 0 Å². The van der Waals surface area contributed by atoms with Gasteiger partial charge >= 0.3 is 40.9 Å². The summed E-state index contributed by atoms with van der Waals surface area (Å²) in [5.41, 5.74) is 0. The molecule has 0 fully saturated rings. The van der Waals surface area contributed by atoms with Gasteiger partial charge in [0.25, 0.3) is 0 Å². The van der Waals surface area contributed by atoms with E-state index in [2.05, 4.69) is 0 Å². The maximum atomic E-state index is 10.6. The van der Waals surface area contributed by atoms with Crippen LogP contribution in [0.4, 0.5) is 0 Å². The minimum absolute atomic E-state index is 0. The van der Waals surface area contributed by atoms with Gasteiger partial charge in [-0.1, -0.05) is 0 Å². The van der Waals surface area contributed by atoms with Crippen molar-refractivity contribution in [1.29, 1.82) is 0 Å². The zero-order valence-electron chi connectivity index (χ0n) is 12.0. The van der Waals surface area contributed by atoms with E-state index in [1.54, 1.807) is 0 Å². The third kappa shape index (κ3) is 13.7. The molecule has 0 spiro atoms. The molecule has 0 unspecified atom stereocenters.